The highest BCUT2D eigenvalue weighted by Crippen LogP contribution is 2.24. The highest BCUT2D eigenvalue weighted by molar-refractivity contribution is 5.94. The van der Waals surface area contributed by atoms with Crippen LogP contribution in [0, 0.1) is 13.8 Å². The van der Waals surface area contributed by atoms with Crippen molar-refractivity contribution < 1.29 is 23.9 Å². The zero-order valence-corrected chi connectivity index (χ0v) is 24.1. The van der Waals surface area contributed by atoms with Crippen molar-refractivity contribution in [3.05, 3.63) is 65.1 Å². The Balaban J connectivity index is 1.75. The maximum atomic E-state index is 13.2. The first-order valence-corrected chi connectivity index (χ1v) is 13.5. The minimum Gasteiger partial charge on any atom is -0.462 e. The van der Waals surface area contributed by atoms with Gasteiger partial charge in [0.05, 0.1) is 17.8 Å². The minimum atomic E-state index is -0.775. The lowest BCUT2D eigenvalue weighted by Crippen LogP contribution is -2.35. The summed E-state index contributed by atoms with van der Waals surface area (Å²) in [7, 11) is 0. The second kappa shape index (κ2) is 14.4. The van der Waals surface area contributed by atoms with Crippen LogP contribution in [0.25, 0.3) is 11.3 Å². The Morgan fingerprint density at radius 3 is 2.34 bits per heavy atom. The van der Waals surface area contributed by atoms with Crippen LogP contribution < -0.4 is 22.1 Å². The fraction of sp³-hybridized carbons (Fsp3) is 0.414. The van der Waals surface area contributed by atoms with Gasteiger partial charge in [0, 0.05) is 18.0 Å². The second-order valence-corrected chi connectivity index (χ2v) is 10.1. The summed E-state index contributed by atoms with van der Waals surface area (Å²) in [5.74, 6) is -1.06. The maximum Gasteiger partial charge on any atom is 0.322 e. The van der Waals surface area contributed by atoms with Crippen LogP contribution in [-0.2, 0) is 19.1 Å². The van der Waals surface area contributed by atoms with Crippen molar-refractivity contribution in [3.8, 4) is 11.3 Å². The fourth-order valence-corrected chi connectivity index (χ4v) is 3.87. The molecule has 0 saturated heterocycles. The van der Waals surface area contributed by atoms with Gasteiger partial charge in [0.15, 0.2) is 0 Å². The van der Waals surface area contributed by atoms with E-state index in [0.29, 0.717) is 29.3 Å². The third-order valence-corrected chi connectivity index (χ3v) is 6.31. The SMILES string of the molecule is CC[C@H](COC(=O)[C@H](C)N)Nc1ncc(C)c(-c2c[nH]c(C(=O)N[C@H](COC(=O)[C@H](C)N)c3cccc(C)c3)c2)n1. The summed E-state index contributed by atoms with van der Waals surface area (Å²) >= 11 is 0. The number of H-pyrrole nitrogens is 1. The van der Waals surface area contributed by atoms with Crippen LogP contribution >= 0.6 is 0 Å². The molecule has 12 heteroatoms. The van der Waals surface area contributed by atoms with Crippen molar-refractivity contribution in [3.63, 3.8) is 0 Å². The zero-order valence-electron chi connectivity index (χ0n) is 24.1. The van der Waals surface area contributed by atoms with Gasteiger partial charge < -0.3 is 36.6 Å². The molecule has 0 radical (unpaired) electrons. The number of nitrogens with two attached hydrogens (primary N) is 2. The molecule has 0 aliphatic carbocycles. The van der Waals surface area contributed by atoms with E-state index >= 15 is 0 Å². The first-order chi connectivity index (χ1) is 19.5. The van der Waals surface area contributed by atoms with Crippen LogP contribution in [0.2, 0.25) is 0 Å². The zero-order chi connectivity index (χ0) is 30.1. The largest absolute Gasteiger partial charge is 0.462 e. The molecule has 0 unspecified atom stereocenters. The van der Waals surface area contributed by atoms with Gasteiger partial charge in [-0.25, -0.2) is 9.97 Å². The number of benzene rings is 1. The van der Waals surface area contributed by atoms with Crippen LogP contribution in [-0.4, -0.2) is 64.1 Å². The molecule has 4 atom stereocenters. The number of amides is 1. The number of carbonyl (C=O) groups is 3. The monoisotopic (exact) mass is 565 g/mol. The Labute approximate surface area is 239 Å². The van der Waals surface area contributed by atoms with Crippen molar-refractivity contribution in [2.24, 2.45) is 11.5 Å². The van der Waals surface area contributed by atoms with Gasteiger partial charge in [-0.1, -0.05) is 36.8 Å². The van der Waals surface area contributed by atoms with E-state index in [4.69, 9.17) is 20.9 Å². The Hall–Kier alpha value is -4.29. The Morgan fingerprint density at radius 2 is 1.71 bits per heavy atom. The van der Waals surface area contributed by atoms with Gasteiger partial charge in [0.25, 0.3) is 5.91 Å². The number of esters is 2. The third-order valence-electron chi connectivity index (χ3n) is 6.31. The fourth-order valence-electron chi connectivity index (χ4n) is 3.87. The van der Waals surface area contributed by atoms with E-state index in [9.17, 15) is 14.4 Å². The lowest BCUT2D eigenvalue weighted by Gasteiger charge is -2.20. The summed E-state index contributed by atoms with van der Waals surface area (Å²) in [6, 6.07) is 7.01. The van der Waals surface area contributed by atoms with E-state index in [1.165, 1.54) is 0 Å². The molecule has 41 heavy (non-hydrogen) atoms. The number of aromatic amines is 1. The number of hydrogen-bond acceptors (Lipinski definition) is 10. The topological polar surface area (TPSA) is 187 Å². The summed E-state index contributed by atoms with van der Waals surface area (Å²) < 4.78 is 10.6. The smallest absolute Gasteiger partial charge is 0.322 e. The molecule has 0 bridgehead atoms. The van der Waals surface area contributed by atoms with E-state index in [1.807, 2.05) is 45.0 Å². The highest BCUT2D eigenvalue weighted by atomic mass is 16.5. The Bertz CT molecular complexity index is 1350. The summed E-state index contributed by atoms with van der Waals surface area (Å²) in [6.45, 7) is 8.92. The van der Waals surface area contributed by atoms with E-state index in [0.717, 1.165) is 16.7 Å². The number of rotatable bonds is 13. The lowest BCUT2D eigenvalue weighted by atomic mass is 10.0. The molecule has 0 fully saturated rings. The van der Waals surface area contributed by atoms with Gasteiger partial charge in [0.2, 0.25) is 5.95 Å². The standard InChI is InChI=1S/C29H39N7O5/c1-6-22(14-40-27(38)18(4)30)34-29-33-12-17(3)25(36-29)21-11-23(32-13-21)26(37)35-24(15-41-28(39)19(5)31)20-9-7-8-16(2)10-20/h7-13,18-19,22,24,32H,6,14-15,30-31H2,1-5H3,(H,35,37)(H,33,34,36)/t18-,19-,22+,24+/m0/s1. The van der Waals surface area contributed by atoms with Crippen LogP contribution in [0.4, 0.5) is 5.95 Å². The number of nitrogens with one attached hydrogen (secondary N) is 3. The summed E-state index contributed by atoms with van der Waals surface area (Å²) in [5.41, 5.74) is 15.4. The van der Waals surface area contributed by atoms with Crippen molar-refractivity contribution in [2.45, 2.75) is 65.2 Å². The van der Waals surface area contributed by atoms with Crippen molar-refractivity contribution in [1.29, 1.82) is 0 Å². The van der Waals surface area contributed by atoms with Crippen LogP contribution in [0.15, 0.2) is 42.7 Å². The van der Waals surface area contributed by atoms with E-state index in [-0.39, 0.29) is 25.2 Å². The van der Waals surface area contributed by atoms with Gasteiger partial charge in [-0.2, -0.15) is 0 Å². The van der Waals surface area contributed by atoms with Gasteiger partial charge in [-0.3, -0.25) is 14.4 Å². The van der Waals surface area contributed by atoms with Gasteiger partial charge in [0.1, 0.15) is 31.0 Å². The molecule has 0 aliphatic rings. The first-order valence-electron chi connectivity index (χ1n) is 13.5. The van der Waals surface area contributed by atoms with E-state index in [2.05, 4.69) is 25.6 Å². The van der Waals surface area contributed by atoms with Gasteiger partial charge in [-0.15, -0.1) is 0 Å². The number of aromatic nitrogens is 3. The number of anilines is 1. The number of carbonyl (C=O) groups excluding carboxylic acids is 3. The van der Waals surface area contributed by atoms with Gasteiger partial charge >= 0.3 is 11.9 Å². The summed E-state index contributed by atoms with van der Waals surface area (Å²) in [5, 5.41) is 6.13. The molecule has 0 spiro atoms. The Morgan fingerprint density at radius 1 is 1.02 bits per heavy atom. The molecule has 3 rings (SSSR count). The molecule has 0 saturated carbocycles. The molecule has 7 N–H and O–H groups in total. The van der Waals surface area contributed by atoms with Crippen LogP contribution in [0.3, 0.4) is 0 Å². The molecule has 1 aromatic carbocycles. The average Bonchev–Trinajstić information content (AvgIpc) is 3.43. The predicted octanol–water partition coefficient (Wildman–Crippen LogP) is 2.53. The first kappa shape index (κ1) is 31.2. The summed E-state index contributed by atoms with van der Waals surface area (Å²) in [4.78, 5) is 49.0. The quantitative estimate of drug-likeness (QED) is 0.193. The number of hydrogen-bond donors (Lipinski definition) is 5. The molecule has 220 valence electrons. The third kappa shape index (κ3) is 8.85. The maximum absolute atomic E-state index is 13.2. The molecule has 1 amide bonds. The van der Waals surface area contributed by atoms with Crippen LogP contribution in [0.1, 0.15) is 60.4 Å². The lowest BCUT2D eigenvalue weighted by molar-refractivity contribution is -0.146. The summed E-state index contributed by atoms with van der Waals surface area (Å²) in [6.07, 6.45) is 4.03. The average molecular weight is 566 g/mol. The van der Waals surface area contributed by atoms with Crippen molar-refractivity contribution in [1.82, 2.24) is 20.3 Å². The van der Waals surface area contributed by atoms with Gasteiger partial charge in [-0.05, 0) is 51.3 Å². The molecular formula is C29H39N7O5. The number of aryl methyl sites for hydroxylation is 2. The molecule has 3 aromatic rings. The normalized spacial score (nSPS) is 13.9. The molecule has 0 aliphatic heterocycles. The van der Waals surface area contributed by atoms with E-state index < -0.39 is 30.1 Å². The number of nitrogens with zero attached hydrogens (tertiary/aromatic N) is 2. The second-order valence-electron chi connectivity index (χ2n) is 10.1. The van der Waals surface area contributed by atoms with Crippen molar-refractivity contribution in [2.75, 3.05) is 18.5 Å². The highest BCUT2D eigenvalue weighted by Gasteiger charge is 2.21. The van der Waals surface area contributed by atoms with E-state index in [1.54, 1.807) is 32.3 Å². The minimum absolute atomic E-state index is 0.0682. The molecule has 12 nitrogen and oxygen atoms in total. The molecule has 2 heterocycles. The van der Waals surface area contributed by atoms with Crippen molar-refractivity contribution >= 4 is 23.8 Å². The number of ether oxygens (including phenoxy) is 2. The molecular weight excluding hydrogens is 526 g/mol. The Kier molecular flexibility index (Phi) is 11.0. The predicted molar refractivity (Wildman–Crippen MR) is 155 cm³/mol. The van der Waals surface area contributed by atoms with Crippen LogP contribution in [0.5, 0.6) is 0 Å². The molecule has 2 aromatic heterocycles.